The molecule has 0 heterocycles. The van der Waals surface area contributed by atoms with Crippen LogP contribution in [0.4, 0.5) is 4.79 Å². The van der Waals surface area contributed by atoms with Crippen LogP contribution in [0.25, 0.3) is 0 Å². The first kappa shape index (κ1) is 34.3. The number of carboxylic acid groups (broad SMARTS) is 2. The maximum absolute atomic E-state index is 8.33. The van der Waals surface area contributed by atoms with E-state index >= 15 is 0 Å². The van der Waals surface area contributed by atoms with Gasteiger partial charge in [-0.2, -0.15) is 0 Å². The van der Waals surface area contributed by atoms with E-state index in [4.69, 9.17) is 15.0 Å². The van der Waals surface area contributed by atoms with Crippen molar-refractivity contribution in [3.05, 3.63) is 0 Å². The molecule has 0 rings (SSSR count). The first-order chi connectivity index (χ1) is 1.73. The Morgan fingerprint density at radius 2 is 1.25 bits per heavy atom. The number of hydrogen-bond donors (Lipinski definition) is 0. The van der Waals surface area contributed by atoms with Crippen molar-refractivity contribution >= 4 is 6.16 Å². The van der Waals surface area contributed by atoms with Gasteiger partial charge in [-0.15, -0.1) is 0 Å². The predicted octanol–water partition coefficient (Wildman–Crippen LogP) is -5.45. The standard InChI is InChI=1S/CH2O3.Co.Li.Mn.Ni/c2-1(3)4;;;;/h(H2,2,3,4);;;;/q;+2;+1;2*+2/p-2. The van der Waals surface area contributed by atoms with Gasteiger partial charge in [0, 0.05) is 0 Å². The minimum Gasteiger partial charge on any atom is -0.652 e. The van der Waals surface area contributed by atoms with E-state index < -0.39 is 6.16 Å². The van der Waals surface area contributed by atoms with Crippen molar-refractivity contribution in [3.63, 3.8) is 0 Å². The molecule has 7 heteroatoms. The summed E-state index contributed by atoms with van der Waals surface area (Å²) in [7, 11) is 0. The molecule has 0 spiro atoms. The summed E-state index contributed by atoms with van der Waals surface area (Å²) in [6, 6.07) is 0. The summed E-state index contributed by atoms with van der Waals surface area (Å²) in [5, 5.41) is 16.7. The van der Waals surface area contributed by atoms with Crippen LogP contribution >= 0.6 is 0 Å². The van der Waals surface area contributed by atoms with Crippen LogP contribution in [0, 0.1) is 0 Å². The first-order valence-electron chi connectivity index (χ1n) is 0.612. The van der Waals surface area contributed by atoms with Gasteiger partial charge in [-0.3, -0.25) is 0 Å². The zero-order valence-electron chi connectivity index (χ0n) is 3.75. The smallest absolute Gasteiger partial charge is 0.652 e. The van der Waals surface area contributed by atoms with E-state index in [0.717, 1.165) is 0 Å². The van der Waals surface area contributed by atoms with Crippen LogP contribution < -0.4 is 29.1 Å². The summed E-state index contributed by atoms with van der Waals surface area (Å²) >= 11 is 0. The third kappa shape index (κ3) is 157. The van der Waals surface area contributed by atoms with Crippen LogP contribution in [0.5, 0.6) is 0 Å². The molecule has 0 saturated heterocycles. The molecule has 0 N–H and O–H groups in total. The zero-order valence-corrected chi connectivity index (χ0v) is 6.96. The average Bonchev–Trinajstić information content (AvgIpc) is 0.811. The Morgan fingerprint density at radius 1 is 1.25 bits per heavy atom. The summed E-state index contributed by atoms with van der Waals surface area (Å²) in [6.07, 6.45) is -2.33. The van der Waals surface area contributed by atoms with Gasteiger partial charge >= 0.3 is 69.2 Å². The third-order valence-corrected chi connectivity index (χ3v) is 0. The molecule has 8 heavy (non-hydrogen) atoms. The molecular weight excluding hydrogens is 240 g/mol. The van der Waals surface area contributed by atoms with Crippen LogP contribution in [0.3, 0.4) is 0 Å². The summed E-state index contributed by atoms with van der Waals surface area (Å²) in [5.74, 6) is 0. The summed E-state index contributed by atoms with van der Waals surface area (Å²) < 4.78 is 0. The quantitative estimate of drug-likeness (QED) is 0.396. The summed E-state index contributed by atoms with van der Waals surface area (Å²) in [5.41, 5.74) is 0. The van der Waals surface area contributed by atoms with Gasteiger partial charge in [0.15, 0.2) is 0 Å². The van der Waals surface area contributed by atoms with Gasteiger partial charge in [0.25, 0.3) is 0 Å². The monoisotopic (exact) mass is 239 g/mol. The largest absolute Gasteiger partial charge is 2.00 e. The molecule has 0 amide bonds. The zero-order chi connectivity index (χ0) is 3.58. The van der Waals surface area contributed by atoms with Crippen LogP contribution in [0.15, 0.2) is 0 Å². The number of carbonyl (C=O) groups excluding carboxylic acids is 1. The van der Waals surface area contributed by atoms with Crippen LogP contribution in [0.2, 0.25) is 0 Å². The number of carbonyl (C=O) groups is 1. The van der Waals surface area contributed by atoms with Gasteiger partial charge in [0.05, 0.1) is 0 Å². The second-order valence-electron chi connectivity index (χ2n) is 0.250. The minimum absolute atomic E-state index is 0. The minimum atomic E-state index is -2.33. The van der Waals surface area contributed by atoms with Crippen molar-refractivity contribution in [3.8, 4) is 0 Å². The SMILES string of the molecule is O=C([O-])[O-].[Co+2].[Li+].[Mn+2].[Ni+2]. The van der Waals surface area contributed by atoms with E-state index in [1.54, 1.807) is 0 Å². The van der Waals surface area contributed by atoms with Gasteiger partial charge in [-0.1, -0.05) is 0 Å². The van der Waals surface area contributed by atoms with Crippen LogP contribution in [-0.2, 0) is 50.3 Å². The second kappa shape index (κ2) is 23.8. The predicted molar refractivity (Wildman–Crippen MR) is 5.40 cm³/mol. The molecule has 0 aliphatic heterocycles. The number of rotatable bonds is 0. The van der Waals surface area contributed by atoms with Crippen molar-refractivity contribution in [2.24, 2.45) is 0 Å². The van der Waals surface area contributed by atoms with Crippen LogP contribution in [-0.4, -0.2) is 6.16 Å². The molecule has 2 radical (unpaired) electrons. The topological polar surface area (TPSA) is 63.2 Å². The average molecular weight is 240 g/mol. The Hall–Kier alpha value is 1.39. The van der Waals surface area contributed by atoms with Gasteiger partial charge in [0.1, 0.15) is 0 Å². The summed E-state index contributed by atoms with van der Waals surface area (Å²) in [4.78, 5) is 8.33. The Bertz CT molecular complexity index is 42.3. The molecular formula is CCoLiMnNiO3+5. The fourth-order valence-electron chi connectivity index (χ4n) is 0. The number of hydrogen-bond acceptors (Lipinski definition) is 3. The fourth-order valence-corrected chi connectivity index (χ4v) is 0. The van der Waals surface area contributed by atoms with E-state index in [0.29, 0.717) is 0 Å². The molecule has 0 bridgehead atoms. The van der Waals surface area contributed by atoms with E-state index in [9.17, 15) is 0 Å². The van der Waals surface area contributed by atoms with E-state index in [1.165, 1.54) is 0 Å². The van der Waals surface area contributed by atoms with Gasteiger partial charge in [-0.25, -0.2) is 0 Å². The molecule has 0 aliphatic carbocycles. The third-order valence-electron chi connectivity index (χ3n) is 0. The molecule has 0 aromatic carbocycles. The molecule has 0 aliphatic rings. The molecule has 0 atom stereocenters. The molecule has 0 fully saturated rings. The Balaban J connectivity index is -0.00000000750. The molecule has 3 nitrogen and oxygen atoms in total. The van der Waals surface area contributed by atoms with Crippen molar-refractivity contribution in [2.75, 3.05) is 0 Å². The van der Waals surface area contributed by atoms with Gasteiger partial charge in [0.2, 0.25) is 0 Å². The molecule has 0 aromatic heterocycles. The van der Waals surface area contributed by atoms with Crippen LogP contribution in [0.1, 0.15) is 0 Å². The maximum atomic E-state index is 8.33. The maximum Gasteiger partial charge on any atom is 2.00 e. The molecule has 44 valence electrons. The van der Waals surface area contributed by atoms with E-state index in [-0.39, 0.29) is 69.2 Å². The van der Waals surface area contributed by atoms with Gasteiger partial charge < -0.3 is 15.0 Å². The molecule has 0 saturated carbocycles. The fraction of sp³-hybridized carbons (Fsp3) is 0. The van der Waals surface area contributed by atoms with Crippen molar-refractivity contribution in [1.29, 1.82) is 0 Å². The molecule has 0 unspecified atom stereocenters. The Labute approximate surface area is 89.7 Å². The normalized spacial score (nSPS) is 3.00. The van der Waals surface area contributed by atoms with Crippen molar-refractivity contribution < 1.29 is 84.2 Å². The Morgan fingerprint density at radius 3 is 1.25 bits per heavy atom. The summed E-state index contributed by atoms with van der Waals surface area (Å²) in [6.45, 7) is 0. The first-order valence-corrected chi connectivity index (χ1v) is 0.612. The van der Waals surface area contributed by atoms with Crippen molar-refractivity contribution in [1.82, 2.24) is 0 Å². The van der Waals surface area contributed by atoms with E-state index in [1.807, 2.05) is 0 Å². The second-order valence-corrected chi connectivity index (χ2v) is 0.250. The molecule has 0 aromatic rings. The van der Waals surface area contributed by atoms with E-state index in [2.05, 4.69) is 0 Å². The van der Waals surface area contributed by atoms with Crippen molar-refractivity contribution in [2.45, 2.75) is 0 Å². The Kier molecular flexibility index (Phi) is 102. The van der Waals surface area contributed by atoms with Gasteiger partial charge in [-0.05, 0) is 6.16 Å².